The summed E-state index contributed by atoms with van der Waals surface area (Å²) < 4.78 is 0. The summed E-state index contributed by atoms with van der Waals surface area (Å²) in [4.78, 5) is 26.9. The Morgan fingerprint density at radius 3 is 0.807 bits per heavy atom. The first-order valence-corrected chi connectivity index (χ1v) is 25.2. The molecule has 0 amide bonds. The molecule has 0 saturated carbocycles. The molecule has 6 nitrogen and oxygen atoms in total. The molecule has 7 heteroatoms. The summed E-state index contributed by atoms with van der Waals surface area (Å²) >= 11 is 0. The molecular formula is C50H100CaN2O4. The number of carbonyl (C=O) groups is 2. The Hall–Kier alpha value is 0.120. The van der Waals surface area contributed by atoms with E-state index in [9.17, 15) is 19.8 Å². The molecular weight excluding hydrogens is 733 g/mol. The first-order chi connectivity index (χ1) is 27.3. The SMILES string of the molecule is CCCCCCCCN(CCCCCCCC)C(CCC)CCCCC(=O)[O-].CCCCCCCCN(CCCCCCCC)C(CCC)CCCCC(=O)[O-].[Ca+2]. The zero-order valence-corrected chi connectivity index (χ0v) is 41.9. The molecule has 0 spiro atoms. The quantitative estimate of drug-likeness (QED) is 0.0449. The molecule has 0 aromatic heterocycles. The van der Waals surface area contributed by atoms with Crippen molar-refractivity contribution in [2.75, 3.05) is 26.2 Å². The van der Waals surface area contributed by atoms with Gasteiger partial charge in [0.15, 0.2) is 0 Å². The fourth-order valence-electron chi connectivity index (χ4n) is 8.32. The summed E-state index contributed by atoms with van der Waals surface area (Å²) in [6.45, 7) is 18.6. The average molecular weight is 833 g/mol. The predicted octanol–water partition coefficient (Wildman–Crippen LogP) is 12.6. The number of carboxylic acids is 2. The van der Waals surface area contributed by atoms with Crippen molar-refractivity contribution in [2.45, 2.75) is 285 Å². The number of nitrogens with zero attached hydrogens (tertiary/aromatic N) is 2. The van der Waals surface area contributed by atoms with Gasteiger partial charge in [0.25, 0.3) is 0 Å². The molecule has 0 heterocycles. The minimum absolute atomic E-state index is 0. The maximum absolute atomic E-state index is 10.7. The van der Waals surface area contributed by atoms with Gasteiger partial charge >= 0.3 is 37.7 Å². The number of carboxylic acid groups (broad SMARTS) is 2. The van der Waals surface area contributed by atoms with E-state index in [2.05, 4.69) is 51.3 Å². The molecule has 2 unspecified atom stereocenters. The molecule has 0 N–H and O–H groups in total. The van der Waals surface area contributed by atoms with E-state index in [4.69, 9.17) is 0 Å². The molecule has 0 bridgehead atoms. The number of carbonyl (C=O) groups excluding carboxylic acids is 2. The number of aliphatic carboxylic acids is 2. The third-order valence-electron chi connectivity index (χ3n) is 11.8. The van der Waals surface area contributed by atoms with E-state index < -0.39 is 11.9 Å². The second kappa shape index (κ2) is 50.5. The van der Waals surface area contributed by atoms with Gasteiger partial charge in [0.05, 0.1) is 0 Å². The van der Waals surface area contributed by atoms with Crippen molar-refractivity contribution in [1.82, 2.24) is 9.80 Å². The molecule has 0 aromatic carbocycles. The zero-order valence-electron chi connectivity index (χ0n) is 39.7. The topological polar surface area (TPSA) is 86.7 Å². The van der Waals surface area contributed by atoms with Crippen molar-refractivity contribution in [1.29, 1.82) is 0 Å². The van der Waals surface area contributed by atoms with E-state index in [1.54, 1.807) is 0 Å². The number of rotatable bonds is 44. The molecule has 0 fully saturated rings. The van der Waals surface area contributed by atoms with Crippen molar-refractivity contribution in [3.8, 4) is 0 Å². The summed E-state index contributed by atoms with van der Waals surface area (Å²) in [7, 11) is 0. The van der Waals surface area contributed by atoms with Gasteiger partial charge in [0.1, 0.15) is 0 Å². The third-order valence-corrected chi connectivity index (χ3v) is 11.8. The Labute approximate surface area is 387 Å². The van der Waals surface area contributed by atoms with Crippen LogP contribution in [0.15, 0.2) is 0 Å². The van der Waals surface area contributed by atoms with Crippen LogP contribution in [0.5, 0.6) is 0 Å². The molecule has 0 saturated heterocycles. The van der Waals surface area contributed by atoms with Crippen molar-refractivity contribution < 1.29 is 19.8 Å². The van der Waals surface area contributed by atoms with Crippen LogP contribution in [-0.2, 0) is 9.59 Å². The van der Waals surface area contributed by atoms with E-state index in [-0.39, 0.29) is 50.6 Å². The molecule has 2 atom stereocenters. The van der Waals surface area contributed by atoms with Crippen LogP contribution in [0.25, 0.3) is 0 Å². The molecule has 57 heavy (non-hydrogen) atoms. The second-order valence-corrected chi connectivity index (χ2v) is 17.3. The minimum atomic E-state index is -0.900. The first-order valence-electron chi connectivity index (χ1n) is 25.2. The molecule has 0 rings (SSSR count). The molecule has 0 aliphatic rings. The standard InChI is InChI=1S/2C25H51NO2.Ca/c2*1-4-7-9-11-13-17-22-26(23-18-14-12-10-8-5-2)24(19-6-3)20-15-16-21-25(27)28;/h2*24H,4-23H2,1-3H3,(H,27,28);/q;;+2/p-2. The van der Waals surface area contributed by atoms with Gasteiger partial charge in [0.2, 0.25) is 0 Å². The zero-order chi connectivity index (χ0) is 41.7. The smallest absolute Gasteiger partial charge is 0.550 e. The van der Waals surface area contributed by atoms with Gasteiger partial charge in [-0.15, -0.1) is 0 Å². The van der Waals surface area contributed by atoms with Crippen LogP contribution in [0.1, 0.15) is 273 Å². The van der Waals surface area contributed by atoms with Gasteiger partial charge in [-0.3, -0.25) is 0 Å². The predicted molar refractivity (Wildman–Crippen MR) is 247 cm³/mol. The summed E-state index contributed by atoms with van der Waals surface area (Å²) in [5.41, 5.74) is 0. The van der Waals surface area contributed by atoms with Gasteiger partial charge in [0, 0.05) is 24.0 Å². The fourth-order valence-corrected chi connectivity index (χ4v) is 8.32. The minimum Gasteiger partial charge on any atom is -0.550 e. The fraction of sp³-hybridized carbons (Fsp3) is 0.960. The van der Waals surface area contributed by atoms with Gasteiger partial charge < -0.3 is 29.6 Å². The monoisotopic (exact) mass is 833 g/mol. The van der Waals surface area contributed by atoms with Crippen LogP contribution in [0, 0.1) is 0 Å². The molecule has 336 valence electrons. The van der Waals surface area contributed by atoms with Gasteiger partial charge in [-0.2, -0.15) is 0 Å². The van der Waals surface area contributed by atoms with Crippen molar-refractivity contribution in [3.63, 3.8) is 0 Å². The Morgan fingerprint density at radius 1 is 0.333 bits per heavy atom. The largest absolute Gasteiger partial charge is 2.00 e. The molecule has 0 aromatic rings. The summed E-state index contributed by atoms with van der Waals surface area (Å²) in [5, 5.41) is 21.4. The Kier molecular flexibility index (Phi) is 54.4. The maximum atomic E-state index is 10.7. The average Bonchev–Trinajstić information content (AvgIpc) is 3.18. The Bertz CT molecular complexity index is 704. The molecule has 0 aliphatic carbocycles. The van der Waals surface area contributed by atoms with Crippen LogP contribution < -0.4 is 10.2 Å². The molecule has 0 aliphatic heterocycles. The van der Waals surface area contributed by atoms with Crippen LogP contribution in [0.4, 0.5) is 0 Å². The second-order valence-electron chi connectivity index (χ2n) is 17.3. The normalized spacial score (nSPS) is 12.4. The van der Waals surface area contributed by atoms with Crippen LogP contribution in [0.2, 0.25) is 0 Å². The number of hydrogen-bond acceptors (Lipinski definition) is 6. The number of hydrogen-bond donors (Lipinski definition) is 0. The van der Waals surface area contributed by atoms with E-state index in [1.165, 1.54) is 206 Å². The van der Waals surface area contributed by atoms with Gasteiger partial charge in [-0.25, -0.2) is 0 Å². The van der Waals surface area contributed by atoms with Gasteiger partial charge in [-0.1, -0.05) is 196 Å². The van der Waals surface area contributed by atoms with Crippen molar-refractivity contribution in [3.05, 3.63) is 0 Å². The van der Waals surface area contributed by atoms with Crippen LogP contribution in [-0.4, -0.2) is 97.7 Å². The van der Waals surface area contributed by atoms with Crippen molar-refractivity contribution in [2.24, 2.45) is 0 Å². The van der Waals surface area contributed by atoms with E-state index in [0.29, 0.717) is 12.1 Å². The van der Waals surface area contributed by atoms with E-state index in [1.807, 2.05) is 0 Å². The van der Waals surface area contributed by atoms with E-state index >= 15 is 0 Å². The van der Waals surface area contributed by atoms with Gasteiger partial charge in [-0.05, 0) is 103 Å². The summed E-state index contributed by atoms with van der Waals surface area (Å²) in [6, 6.07) is 1.27. The van der Waals surface area contributed by atoms with Crippen molar-refractivity contribution >= 4 is 49.7 Å². The van der Waals surface area contributed by atoms with Crippen LogP contribution in [0.3, 0.4) is 0 Å². The summed E-state index contributed by atoms with van der Waals surface area (Å²) in [6.07, 6.45) is 43.7. The Balaban J connectivity index is -0.00000101. The summed E-state index contributed by atoms with van der Waals surface area (Å²) in [5.74, 6) is -1.80. The molecule has 0 radical (unpaired) electrons. The maximum Gasteiger partial charge on any atom is 2.00 e. The van der Waals surface area contributed by atoms with Crippen LogP contribution >= 0.6 is 0 Å². The Morgan fingerprint density at radius 2 is 0.579 bits per heavy atom. The first kappa shape index (κ1) is 61.4. The third kappa shape index (κ3) is 45.5. The number of unbranched alkanes of at least 4 members (excludes halogenated alkanes) is 22. The van der Waals surface area contributed by atoms with E-state index in [0.717, 1.165) is 38.5 Å².